The van der Waals surface area contributed by atoms with Crippen LogP contribution < -0.4 is 5.32 Å². The van der Waals surface area contributed by atoms with Crippen molar-refractivity contribution >= 4 is 15.9 Å². The maximum absolute atomic E-state index is 4.25. The third-order valence-corrected chi connectivity index (χ3v) is 4.07. The number of halogens is 1. The summed E-state index contributed by atoms with van der Waals surface area (Å²) in [6.45, 7) is 6.54. The van der Waals surface area contributed by atoms with Crippen molar-refractivity contribution in [3.63, 3.8) is 0 Å². The molecular formula is C17H21BrN2. The minimum Gasteiger partial charge on any atom is -0.313 e. The van der Waals surface area contributed by atoms with Crippen molar-refractivity contribution < 1.29 is 0 Å². The maximum atomic E-state index is 4.25. The van der Waals surface area contributed by atoms with Gasteiger partial charge in [0.15, 0.2) is 0 Å². The zero-order chi connectivity index (χ0) is 14.7. The van der Waals surface area contributed by atoms with E-state index < -0.39 is 0 Å². The Balaban J connectivity index is 2.34. The highest BCUT2D eigenvalue weighted by molar-refractivity contribution is 9.10. The third kappa shape index (κ3) is 3.47. The highest BCUT2D eigenvalue weighted by Crippen LogP contribution is 2.26. The van der Waals surface area contributed by atoms with E-state index in [1.807, 2.05) is 19.4 Å². The van der Waals surface area contributed by atoms with E-state index in [2.05, 4.69) is 65.2 Å². The van der Waals surface area contributed by atoms with Crippen LogP contribution in [0.4, 0.5) is 0 Å². The van der Waals surface area contributed by atoms with Crippen molar-refractivity contribution in [1.29, 1.82) is 0 Å². The summed E-state index contributed by atoms with van der Waals surface area (Å²) in [7, 11) is 2.02. The number of likely N-dealkylation sites (N-methyl/N-ethyl adjacent to an activating group) is 1. The van der Waals surface area contributed by atoms with Gasteiger partial charge >= 0.3 is 0 Å². The SMILES string of the molecule is CNC(Cc1cncc(Br)c1)c1c(C)cc(C)cc1C. The molecule has 0 saturated heterocycles. The van der Waals surface area contributed by atoms with Gasteiger partial charge in [-0.05, 0) is 78.5 Å². The van der Waals surface area contributed by atoms with E-state index in [9.17, 15) is 0 Å². The Hall–Kier alpha value is -1.19. The molecule has 2 nitrogen and oxygen atoms in total. The molecule has 1 unspecified atom stereocenters. The van der Waals surface area contributed by atoms with Crippen LogP contribution >= 0.6 is 15.9 Å². The van der Waals surface area contributed by atoms with Crippen molar-refractivity contribution in [3.8, 4) is 0 Å². The molecule has 1 heterocycles. The van der Waals surface area contributed by atoms with Gasteiger partial charge in [-0.15, -0.1) is 0 Å². The fourth-order valence-corrected chi connectivity index (χ4v) is 3.30. The molecule has 2 aromatic rings. The van der Waals surface area contributed by atoms with Gasteiger partial charge in [-0.25, -0.2) is 0 Å². The average molecular weight is 333 g/mol. The average Bonchev–Trinajstić information content (AvgIpc) is 2.36. The predicted molar refractivity (Wildman–Crippen MR) is 88.1 cm³/mol. The smallest absolute Gasteiger partial charge is 0.0410 e. The number of rotatable bonds is 4. The van der Waals surface area contributed by atoms with Gasteiger partial charge in [0.1, 0.15) is 0 Å². The second kappa shape index (κ2) is 6.51. The lowest BCUT2D eigenvalue weighted by Crippen LogP contribution is -2.21. The van der Waals surface area contributed by atoms with Crippen LogP contribution in [0, 0.1) is 20.8 Å². The van der Waals surface area contributed by atoms with Gasteiger partial charge in [0, 0.05) is 22.9 Å². The highest BCUT2D eigenvalue weighted by atomic mass is 79.9. The Morgan fingerprint density at radius 2 is 1.75 bits per heavy atom. The zero-order valence-electron chi connectivity index (χ0n) is 12.5. The van der Waals surface area contributed by atoms with Crippen LogP contribution in [0.2, 0.25) is 0 Å². The van der Waals surface area contributed by atoms with Crippen molar-refractivity contribution in [1.82, 2.24) is 10.3 Å². The van der Waals surface area contributed by atoms with Gasteiger partial charge in [0.25, 0.3) is 0 Å². The minimum atomic E-state index is 0.312. The second-order valence-electron chi connectivity index (χ2n) is 5.37. The molecule has 3 heteroatoms. The van der Waals surface area contributed by atoms with E-state index in [1.165, 1.54) is 27.8 Å². The number of aryl methyl sites for hydroxylation is 3. The van der Waals surface area contributed by atoms with Crippen molar-refractivity contribution in [2.75, 3.05) is 7.05 Å². The van der Waals surface area contributed by atoms with Crippen LogP contribution in [0.3, 0.4) is 0 Å². The molecule has 0 aliphatic carbocycles. The van der Waals surface area contributed by atoms with Gasteiger partial charge < -0.3 is 5.32 Å². The first-order chi connectivity index (χ1) is 9.51. The van der Waals surface area contributed by atoms with Crippen molar-refractivity contribution in [2.24, 2.45) is 0 Å². The summed E-state index contributed by atoms with van der Waals surface area (Å²) in [6, 6.07) is 6.96. The van der Waals surface area contributed by atoms with Gasteiger partial charge in [-0.1, -0.05) is 17.7 Å². The van der Waals surface area contributed by atoms with Crippen LogP contribution in [-0.2, 0) is 6.42 Å². The number of pyridine rings is 1. The summed E-state index contributed by atoms with van der Waals surface area (Å²) in [5, 5.41) is 3.44. The summed E-state index contributed by atoms with van der Waals surface area (Å²) in [4.78, 5) is 4.25. The molecule has 1 N–H and O–H groups in total. The van der Waals surface area contributed by atoms with Crippen LogP contribution in [0.15, 0.2) is 35.1 Å². The highest BCUT2D eigenvalue weighted by Gasteiger charge is 2.15. The fourth-order valence-electron chi connectivity index (χ4n) is 2.89. The molecule has 106 valence electrons. The molecule has 0 spiro atoms. The summed E-state index contributed by atoms with van der Waals surface area (Å²) in [6.07, 6.45) is 4.70. The van der Waals surface area contributed by atoms with E-state index in [0.717, 1.165) is 10.9 Å². The van der Waals surface area contributed by atoms with E-state index in [4.69, 9.17) is 0 Å². The normalized spacial score (nSPS) is 12.4. The summed E-state index contributed by atoms with van der Waals surface area (Å²) in [5.41, 5.74) is 6.66. The quantitative estimate of drug-likeness (QED) is 0.904. The van der Waals surface area contributed by atoms with Crippen LogP contribution in [0.5, 0.6) is 0 Å². The first-order valence-electron chi connectivity index (χ1n) is 6.85. The standard InChI is InChI=1S/C17H21BrN2/c1-11-5-12(2)17(13(3)6-11)16(19-4)8-14-7-15(18)10-20-9-14/h5-7,9-10,16,19H,8H2,1-4H3. The Bertz CT molecular complexity index is 585. The summed E-state index contributed by atoms with van der Waals surface area (Å²) in [5.74, 6) is 0. The maximum Gasteiger partial charge on any atom is 0.0410 e. The van der Waals surface area contributed by atoms with Crippen molar-refractivity contribution in [3.05, 3.63) is 62.9 Å². The predicted octanol–water partition coefficient (Wildman–Crippen LogP) is 4.27. The lowest BCUT2D eigenvalue weighted by molar-refractivity contribution is 0.584. The largest absolute Gasteiger partial charge is 0.313 e. The summed E-state index contributed by atoms with van der Waals surface area (Å²) >= 11 is 3.49. The Morgan fingerprint density at radius 1 is 1.10 bits per heavy atom. The molecule has 0 saturated carbocycles. The van der Waals surface area contributed by atoms with Crippen LogP contribution in [0.25, 0.3) is 0 Å². The lowest BCUT2D eigenvalue weighted by Gasteiger charge is -2.22. The van der Waals surface area contributed by atoms with E-state index in [-0.39, 0.29) is 0 Å². The molecule has 1 aromatic heterocycles. The monoisotopic (exact) mass is 332 g/mol. The molecule has 0 aliphatic heterocycles. The fraction of sp³-hybridized carbons (Fsp3) is 0.353. The number of aromatic nitrogens is 1. The van der Waals surface area contributed by atoms with Gasteiger partial charge in [0.05, 0.1) is 0 Å². The zero-order valence-corrected chi connectivity index (χ0v) is 14.1. The van der Waals surface area contributed by atoms with E-state index in [1.54, 1.807) is 0 Å². The number of nitrogens with zero attached hydrogens (tertiary/aromatic N) is 1. The Labute approximate surface area is 129 Å². The molecule has 0 fully saturated rings. The van der Waals surface area contributed by atoms with E-state index in [0.29, 0.717) is 6.04 Å². The van der Waals surface area contributed by atoms with Crippen molar-refractivity contribution in [2.45, 2.75) is 33.2 Å². The van der Waals surface area contributed by atoms with Gasteiger partial charge in [-0.2, -0.15) is 0 Å². The molecule has 2 rings (SSSR count). The molecule has 0 amide bonds. The number of benzene rings is 1. The summed E-state index contributed by atoms with van der Waals surface area (Å²) < 4.78 is 1.03. The molecule has 0 bridgehead atoms. The van der Waals surface area contributed by atoms with Gasteiger partial charge in [-0.3, -0.25) is 4.98 Å². The first-order valence-corrected chi connectivity index (χ1v) is 7.65. The number of hydrogen-bond acceptors (Lipinski definition) is 2. The minimum absolute atomic E-state index is 0.312. The number of hydrogen-bond donors (Lipinski definition) is 1. The molecule has 20 heavy (non-hydrogen) atoms. The molecular weight excluding hydrogens is 312 g/mol. The lowest BCUT2D eigenvalue weighted by atomic mass is 9.91. The molecule has 0 aliphatic rings. The second-order valence-corrected chi connectivity index (χ2v) is 6.28. The van der Waals surface area contributed by atoms with E-state index >= 15 is 0 Å². The number of nitrogens with one attached hydrogen (secondary N) is 1. The molecule has 1 aromatic carbocycles. The van der Waals surface area contributed by atoms with Gasteiger partial charge in [0.2, 0.25) is 0 Å². The first kappa shape index (κ1) is 15.2. The molecule has 0 radical (unpaired) electrons. The Morgan fingerprint density at radius 3 is 2.30 bits per heavy atom. The van der Waals surface area contributed by atoms with Crippen LogP contribution in [-0.4, -0.2) is 12.0 Å². The topological polar surface area (TPSA) is 24.9 Å². The Kier molecular flexibility index (Phi) is 4.95. The van der Waals surface area contributed by atoms with Crippen LogP contribution in [0.1, 0.15) is 33.9 Å². The third-order valence-electron chi connectivity index (χ3n) is 3.64. The molecule has 1 atom stereocenters.